The van der Waals surface area contributed by atoms with Crippen LogP contribution >= 0.6 is 22.7 Å². The zero-order valence-corrected chi connectivity index (χ0v) is 33.6. The van der Waals surface area contributed by atoms with Crippen molar-refractivity contribution in [2.75, 3.05) is 4.90 Å². The average Bonchev–Trinajstić information content (AvgIpc) is 3.89. The maximum Gasteiger partial charge on any atom is 0.0555 e. The molecule has 12 aromatic rings. The zero-order chi connectivity index (χ0) is 38.9. The van der Waals surface area contributed by atoms with Gasteiger partial charge in [-0.05, 0) is 97.4 Å². The van der Waals surface area contributed by atoms with Gasteiger partial charge in [0, 0.05) is 46.0 Å². The van der Waals surface area contributed by atoms with Crippen LogP contribution in [0.2, 0.25) is 0 Å². The number of anilines is 3. The topological polar surface area (TPSA) is 3.24 Å². The Labute approximate surface area is 350 Å². The highest BCUT2D eigenvalue weighted by atomic mass is 32.1. The Morgan fingerprint density at radius 3 is 1.59 bits per heavy atom. The fourth-order valence-electron chi connectivity index (χ4n) is 9.04. The van der Waals surface area contributed by atoms with E-state index in [1.165, 1.54) is 107 Å². The van der Waals surface area contributed by atoms with Crippen molar-refractivity contribution in [3.63, 3.8) is 0 Å². The number of thiophene rings is 2. The Balaban J connectivity index is 1.17. The van der Waals surface area contributed by atoms with Gasteiger partial charge in [-0.25, -0.2) is 0 Å². The normalized spacial score (nSPS) is 11.7. The summed E-state index contributed by atoms with van der Waals surface area (Å²) in [5, 5.41) is 10.1. The van der Waals surface area contributed by atoms with Gasteiger partial charge in [0.1, 0.15) is 0 Å². The molecule has 0 aliphatic carbocycles. The third-order valence-corrected chi connectivity index (χ3v) is 14.1. The summed E-state index contributed by atoms with van der Waals surface area (Å²) < 4.78 is 5.14. The number of rotatable bonds is 6. The monoisotopic (exact) mass is 785 g/mol. The highest BCUT2D eigenvalue weighted by Gasteiger charge is 2.24. The van der Waals surface area contributed by atoms with E-state index in [0.717, 1.165) is 5.69 Å². The van der Waals surface area contributed by atoms with Crippen LogP contribution in [0.25, 0.3) is 95.3 Å². The molecule has 0 N–H and O–H groups in total. The molecule has 0 unspecified atom stereocenters. The van der Waals surface area contributed by atoms with Gasteiger partial charge in [-0.2, -0.15) is 0 Å². The fraction of sp³-hybridized carbons (Fsp3) is 0. The Bertz CT molecular complexity index is 3550. The molecule has 276 valence electrons. The van der Waals surface area contributed by atoms with Crippen LogP contribution in [0.1, 0.15) is 0 Å². The van der Waals surface area contributed by atoms with Crippen molar-refractivity contribution < 1.29 is 0 Å². The van der Waals surface area contributed by atoms with Gasteiger partial charge in [-0.15, -0.1) is 22.7 Å². The number of hydrogen-bond acceptors (Lipinski definition) is 3. The summed E-state index contributed by atoms with van der Waals surface area (Å²) in [5.74, 6) is 0. The summed E-state index contributed by atoms with van der Waals surface area (Å²) in [6.45, 7) is 0. The highest BCUT2D eigenvalue weighted by molar-refractivity contribution is 7.26. The second kappa shape index (κ2) is 13.8. The van der Waals surface area contributed by atoms with Crippen LogP contribution in [-0.4, -0.2) is 0 Å². The van der Waals surface area contributed by atoms with Crippen molar-refractivity contribution in [2.24, 2.45) is 0 Å². The van der Waals surface area contributed by atoms with Crippen LogP contribution in [0.5, 0.6) is 0 Å². The maximum absolute atomic E-state index is 2.55. The van der Waals surface area contributed by atoms with Gasteiger partial charge in [0.15, 0.2) is 0 Å². The molecular formula is C56H35NS2. The van der Waals surface area contributed by atoms with E-state index in [-0.39, 0.29) is 0 Å². The molecule has 2 heterocycles. The summed E-state index contributed by atoms with van der Waals surface area (Å²) in [7, 11) is 0. The third-order valence-electron chi connectivity index (χ3n) is 11.8. The number of hydrogen-bond donors (Lipinski definition) is 0. The van der Waals surface area contributed by atoms with E-state index in [1.807, 2.05) is 22.7 Å². The Kier molecular flexibility index (Phi) is 7.97. The predicted octanol–water partition coefficient (Wildman–Crippen LogP) is 17.2. The van der Waals surface area contributed by atoms with Crippen molar-refractivity contribution >= 4 is 102 Å². The molecule has 2 aromatic heterocycles. The van der Waals surface area contributed by atoms with Crippen LogP contribution in [-0.2, 0) is 0 Å². The van der Waals surface area contributed by atoms with Crippen molar-refractivity contribution in [2.45, 2.75) is 0 Å². The molecule has 0 saturated heterocycles. The SMILES string of the molecule is c1ccc(-c2ccc3c(c2)sc2cccc(N(c4ccc5ccc6ccccc6c5c4)c4ccc(-c5ccccc5)c5sc6cc(-c7ccccc7)ccc6c45)c23)cc1. The summed E-state index contributed by atoms with van der Waals surface area (Å²) in [6.07, 6.45) is 0. The molecule has 0 aliphatic rings. The molecule has 0 spiro atoms. The van der Waals surface area contributed by atoms with Crippen molar-refractivity contribution in [1.29, 1.82) is 0 Å². The minimum absolute atomic E-state index is 1.13. The standard InChI is InChI=1S/C56H35NS2/c1-4-13-36(14-5-1)41-26-29-46-52(33-41)58-51-22-12-21-49(54(46)51)57(43-28-25-40-24-23-39-19-10-11-20-44(39)48(40)35-43)50-32-31-45(38-17-8-3-9-18-38)56-55(50)47-30-27-42(34-53(47)59-56)37-15-6-2-7-16-37/h1-35H. The van der Waals surface area contributed by atoms with Gasteiger partial charge in [0.2, 0.25) is 0 Å². The van der Waals surface area contributed by atoms with E-state index in [1.54, 1.807) is 0 Å². The van der Waals surface area contributed by atoms with Crippen molar-refractivity contribution in [3.8, 4) is 33.4 Å². The number of nitrogens with zero attached hydrogens (tertiary/aromatic N) is 1. The molecule has 0 atom stereocenters. The Morgan fingerprint density at radius 1 is 0.305 bits per heavy atom. The predicted molar refractivity (Wildman–Crippen MR) is 258 cm³/mol. The van der Waals surface area contributed by atoms with E-state index in [2.05, 4.69) is 217 Å². The third kappa shape index (κ3) is 5.66. The first kappa shape index (κ1) is 34.0. The molecule has 0 amide bonds. The molecule has 0 fully saturated rings. The minimum Gasteiger partial charge on any atom is -0.309 e. The molecular weight excluding hydrogens is 751 g/mol. The van der Waals surface area contributed by atoms with Gasteiger partial charge in [0.25, 0.3) is 0 Å². The lowest BCUT2D eigenvalue weighted by Gasteiger charge is -2.28. The highest BCUT2D eigenvalue weighted by Crippen LogP contribution is 2.52. The van der Waals surface area contributed by atoms with Crippen molar-refractivity contribution in [1.82, 2.24) is 0 Å². The van der Waals surface area contributed by atoms with Gasteiger partial charge in [-0.1, -0.05) is 170 Å². The lowest BCUT2D eigenvalue weighted by molar-refractivity contribution is 1.33. The van der Waals surface area contributed by atoms with Crippen LogP contribution in [0.15, 0.2) is 212 Å². The Morgan fingerprint density at radius 2 is 0.881 bits per heavy atom. The number of benzene rings is 10. The van der Waals surface area contributed by atoms with Gasteiger partial charge in [-0.3, -0.25) is 0 Å². The zero-order valence-electron chi connectivity index (χ0n) is 32.0. The summed E-state index contributed by atoms with van der Waals surface area (Å²) in [5.41, 5.74) is 10.9. The lowest BCUT2D eigenvalue weighted by atomic mass is 9.97. The molecule has 59 heavy (non-hydrogen) atoms. The molecule has 10 aromatic carbocycles. The summed E-state index contributed by atoms with van der Waals surface area (Å²) >= 11 is 3.78. The quantitative estimate of drug-likeness (QED) is 0.152. The molecule has 1 nitrogen and oxygen atoms in total. The summed E-state index contributed by atoms with van der Waals surface area (Å²) in [4.78, 5) is 2.55. The van der Waals surface area contributed by atoms with E-state index in [9.17, 15) is 0 Å². The van der Waals surface area contributed by atoms with Gasteiger partial charge < -0.3 is 4.90 Å². The van der Waals surface area contributed by atoms with E-state index >= 15 is 0 Å². The van der Waals surface area contributed by atoms with Crippen LogP contribution in [0, 0.1) is 0 Å². The second-order valence-corrected chi connectivity index (χ2v) is 17.4. The first-order chi connectivity index (χ1) is 29.2. The molecule has 0 aliphatic heterocycles. The lowest BCUT2D eigenvalue weighted by Crippen LogP contribution is -2.11. The van der Waals surface area contributed by atoms with E-state index < -0.39 is 0 Å². The first-order valence-electron chi connectivity index (χ1n) is 20.1. The van der Waals surface area contributed by atoms with Crippen LogP contribution < -0.4 is 4.90 Å². The molecule has 0 radical (unpaired) electrons. The first-order valence-corrected chi connectivity index (χ1v) is 21.7. The second-order valence-electron chi connectivity index (χ2n) is 15.2. The molecule has 0 bridgehead atoms. The molecule has 12 rings (SSSR count). The number of fused-ring (bicyclic) bond motifs is 9. The van der Waals surface area contributed by atoms with Gasteiger partial charge >= 0.3 is 0 Å². The van der Waals surface area contributed by atoms with Gasteiger partial charge in [0.05, 0.1) is 11.4 Å². The van der Waals surface area contributed by atoms with E-state index in [0.29, 0.717) is 0 Å². The minimum atomic E-state index is 1.13. The average molecular weight is 786 g/mol. The Hall–Kier alpha value is -7.04. The summed E-state index contributed by atoms with van der Waals surface area (Å²) in [6, 6.07) is 78.2. The van der Waals surface area contributed by atoms with Crippen LogP contribution in [0.3, 0.4) is 0 Å². The van der Waals surface area contributed by atoms with E-state index in [4.69, 9.17) is 0 Å². The largest absolute Gasteiger partial charge is 0.309 e. The molecule has 0 saturated carbocycles. The maximum atomic E-state index is 2.55. The smallest absolute Gasteiger partial charge is 0.0555 e. The van der Waals surface area contributed by atoms with Crippen LogP contribution in [0.4, 0.5) is 17.1 Å². The fourth-order valence-corrected chi connectivity index (χ4v) is 11.5. The molecule has 3 heteroatoms. The van der Waals surface area contributed by atoms with Crippen molar-refractivity contribution in [3.05, 3.63) is 212 Å².